The van der Waals surface area contributed by atoms with Gasteiger partial charge in [-0.05, 0) is 63.2 Å². The lowest BCUT2D eigenvalue weighted by Gasteiger charge is -2.26. The van der Waals surface area contributed by atoms with Crippen molar-refractivity contribution in [2.45, 2.75) is 72.1 Å². The van der Waals surface area contributed by atoms with E-state index in [0.717, 1.165) is 19.6 Å². The van der Waals surface area contributed by atoms with Gasteiger partial charge in [0.25, 0.3) is 5.91 Å². The van der Waals surface area contributed by atoms with Crippen LogP contribution in [0, 0.1) is 0 Å². The molecule has 0 fully saturated rings. The third kappa shape index (κ3) is 9.74. The van der Waals surface area contributed by atoms with E-state index in [2.05, 4.69) is 36.1 Å². The molecule has 1 aromatic carbocycles. The summed E-state index contributed by atoms with van der Waals surface area (Å²) < 4.78 is 7.28. The van der Waals surface area contributed by atoms with Gasteiger partial charge in [0.1, 0.15) is 11.4 Å². The van der Waals surface area contributed by atoms with Crippen molar-refractivity contribution < 1.29 is 9.53 Å². The van der Waals surface area contributed by atoms with Crippen molar-refractivity contribution in [3.05, 3.63) is 47.2 Å². The molecular weight excluding hydrogens is 412 g/mol. The average molecular weight is 449 g/mol. The summed E-state index contributed by atoms with van der Waals surface area (Å²) in [6.07, 6.45) is 9.11. The third-order valence-corrected chi connectivity index (χ3v) is 5.37. The highest BCUT2D eigenvalue weighted by atomic mass is 35.5. The summed E-state index contributed by atoms with van der Waals surface area (Å²) >= 11 is 5.88. The molecule has 1 heterocycles. The SMILES string of the molecule is CCCCCN(CCCCC)CC(C)NC(=O)c1ccn(COc2ccc(Cl)cc2)n1. The number of carbonyl (C=O) groups is 1. The first-order chi connectivity index (χ1) is 15.0. The molecule has 0 aliphatic heterocycles. The van der Waals surface area contributed by atoms with Crippen LogP contribution in [0.2, 0.25) is 5.02 Å². The second-order valence-corrected chi connectivity index (χ2v) is 8.49. The fourth-order valence-electron chi connectivity index (χ4n) is 3.42. The van der Waals surface area contributed by atoms with Crippen LogP contribution in [-0.4, -0.2) is 46.3 Å². The molecular formula is C24H37ClN4O2. The smallest absolute Gasteiger partial charge is 0.272 e. The summed E-state index contributed by atoms with van der Waals surface area (Å²) in [6, 6.07) is 8.92. The van der Waals surface area contributed by atoms with Crippen LogP contribution in [0.5, 0.6) is 5.75 Å². The molecule has 1 unspecified atom stereocenters. The van der Waals surface area contributed by atoms with Crippen LogP contribution < -0.4 is 10.1 Å². The number of rotatable bonds is 15. The van der Waals surface area contributed by atoms with E-state index in [-0.39, 0.29) is 18.7 Å². The number of hydrogen-bond acceptors (Lipinski definition) is 4. The summed E-state index contributed by atoms with van der Waals surface area (Å²) in [7, 11) is 0. The molecule has 0 radical (unpaired) electrons. The molecule has 0 saturated carbocycles. The van der Waals surface area contributed by atoms with E-state index < -0.39 is 0 Å². The first-order valence-electron chi connectivity index (χ1n) is 11.5. The van der Waals surface area contributed by atoms with E-state index in [1.807, 2.05) is 0 Å². The maximum absolute atomic E-state index is 12.6. The molecule has 172 valence electrons. The fraction of sp³-hybridized carbons (Fsp3) is 0.583. The molecule has 31 heavy (non-hydrogen) atoms. The van der Waals surface area contributed by atoms with Crippen LogP contribution in [-0.2, 0) is 6.73 Å². The lowest BCUT2D eigenvalue weighted by atomic mass is 10.2. The number of aromatic nitrogens is 2. The van der Waals surface area contributed by atoms with Gasteiger partial charge in [0.05, 0.1) is 0 Å². The maximum Gasteiger partial charge on any atom is 0.272 e. The Kier molecular flexibility index (Phi) is 11.5. The molecule has 0 bridgehead atoms. The van der Waals surface area contributed by atoms with Crippen molar-refractivity contribution >= 4 is 17.5 Å². The highest BCUT2D eigenvalue weighted by Crippen LogP contribution is 2.15. The second-order valence-electron chi connectivity index (χ2n) is 8.06. The van der Waals surface area contributed by atoms with Gasteiger partial charge < -0.3 is 15.0 Å². The van der Waals surface area contributed by atoms with Gasteiger partial charge in [-0.15, -0.1) is 0 Å². The molecule has 2 aromatic rings. The third-order valence-electron chi connectivity index (χ3n) is 5.12. The molecule has 1 amide bonds. The van der Waals surface area contributed by atoms with Crippen LogP contribution in [0.4, 0.5) is 0 Å². The normalized spacial score (nSPS) is 12.2. The molecule has 0 saturated heterocycles. The summed E-state index contributed by atoms with van der Waals surface area (Å²) in [5, 5.41) is 8.09. The Bertz CT molecular complexity index is 753. The Morgan fingerprint density at radius 3 is 2.35 bits per heavy atom. The minimum atomic E-state index is -0.153. The standard InChI is InChI=1S/C24H37ClN4O2/c1-4-6-8-15-28(16-9-7-5-2)18-20(3)26-24(30)23-14-17-29(27-23)19-31-22-12-10-21(25)11-13-22/h10-14,17,20H,4-9,15-16,18-19H2,1-3H3,(H,26,30). The topological polar surface area (TPSA) is 59.4 Å². The van der Waals surface area contributed by atoms with Crippen molar-refractivity contribution in [3.63, 3.8) is 0 Å². The number of nitrogens with one attached hydrogen (secondary N) is 1. The second kappa shape index (κ2) is 14.1. The van der Waals surface area contributed by atoms with Gasteiger partial charge in [0.2, 0.25) is 0 Å². The molecule has 1 aromatic heterocycles. The van der Waals surface area contributed by atoms with Crippen molar-refractivity contribution in [3.8, 4) is 5.75 Å². The largest absolute Gasteiger partial charge is 0.471 e. The Balaban J connectivity index is 1.81. The Morgan fingerprint density at radius 2 is 1.74 bits per heavy atom. The van der Waals surface area contributed by atoms with Crippen molar-refractivity contribution in [1.29, 1.82) is 0 Å². The lowest BCUT2D eigenvalue weighted by molar-refractivity contribution is 0.0921. The van der Waals surface area contributed by atoms with E-state index in [4.69, 9.17) is 16.3 Å². The molecule has 0 aliphatic carbocycles. The number of nitrogens with zero attached hydrogens (tertiary/aromatic N) is 3. The molecule has 1 atom stereocenters. The van der Waals surface area contributed by atoms with Crippen LogP contribution in [0.3, 0.4) is 0 Å². The fourth-order valence-corrected chi connectivity index (χ4v) is 3.55. The van der Waals surface area contributed by atoms with Gasteiger partial charge in [-0.1, -0.05) is 51.1 Å². The van der Waals surface area contributed by atoms with Gasteiger partial charge in [0, 0.05) is 23.8 Å². The Labute approximate surface area is 191 Å². The van der Waals surface area contributed by atoms with Crippen molar-refractivity contribution in [2.75, 3.05) is 19.6 Å². The van der Waals surface area contributed by atoms with E-state index in [1.54, 1.807) is 41.2 Å². The number of hydrogen-bond donors (Lipinski definition) is 1. The van der Waals surface area contributed by atoms with Gasteiger partial charge in [-0.2, -0.15) is 5.10 Å². The van der Waals surface area contributed by atoms with Gasteiger partial charge in [-0.3, -0.25) is 4.79 Å². The average Bonchev–Trinajstić information content (AvgIpc) is 3.23. The number of ether oxygens (including phenoxy) is 1. The van der Waals surface area contributed by atoms with Gasteiger partial charge in [-0.25, -0.2) is 4.68 Å². The molecule has 1 N–H and O–H groups in total. The quantitative estimate of drug-likeness (QED) is 0.372. The highest BCUT2D eigenvalue weighted by Gasteiger charge is 2.15. The maximum atomic E-state index is 12.6. The molecule has 0 aliphatic rings. The highest BCUT2D eigenvalue weighted by molar-refractivity contribution is 6.30. The van der Waals surface area contributed by atoms with Gasteiger partial charge in [0.15, 0.2) is 6.73 Å². The number of benzene rings is 1. The van der Waals surface area contributed by atoms with E-state index >= 15 is 0 Å². The monoisotopic (exact) mass is 448 g/mol. The minimum Gasteiger partial charge on any atom is -0.471 e. The summed E-state index contributed by atoms with van der Waals surface area (Å²) in [4.78, 5) is 15.1. The van der Waals surface area contributed by atoms with Crippen molar-refractivity contribution in [1.82, 2.24) is 20.0 Å². The van der Waals surface area contributed by atoms with Crippen LogP contribution >= 0.6 is 11.6 Å². The lowest BCUT2D eigenvalue weighted by Crippen LogP contribution is -2.42. The molecule has 0 spiro atoms. The van der Waals surface area contributed by atoms with Crippen molar-refractivity contribution in [2.24, 2.45) is 0 Å². The molecule has 6 nitrogen and oxygen atoms in total. The summed E-state index contributed by atoms with van der Waals surface area (Å²) in [5.41, 5.74) is 0.398. The van der Waals surface area contributed by atoms with Crippen LogP contribution in [0.15, 0.2) is 36.5 Å². The van der Waals surface area contributed by atoms with Crippen LogP contribution in [0.25, 0.3) is 0 Å². The van der Waals surface area contributed by atoms with E-state index in [1.165, 1.54) is 38.5 Å². The number of amides is 1. The number of unbranched alkanes of at least 4 members (excludes halogenated alkanes) is 4. The Morgan fingerprint density at radius 1 is 1.10 bits per heavy atom. The molecule has 2 rings (SSSR count). The van der Waals surface area contributed by atoms with Crippen LogP contribution in [0.1, 0.15) is 69.8 Å². The molecule has 7 heteroatoms. The summed E-state index contributed by atoms with van der Waals surface area (Å²) in [6.45, 7) is 9.79. The zero-order chi connectivity index (χ0) is 22.5. The number of carbonyl (C=O) groups excluding carboxylic acids is 1. The number of halogens is 1. The first-order valence-corrected chi connectivity index (χ1v) is 11.8. The Hall–Kier alpha value is -2.05. The first kappa shape index (κ1) is 25.2. The predicted molar refractivity (Wildman–Crippen MR) is 127 cm³/mol. The zero-order valence-corrected chi connectivity index (χ0v) is 19.9. The van der Waals surface area contributed by atoms with E-state index in [9.17, 15) is 4.79 Å². The van der Waals surface area contributed by atoms with Gasteiger partial charge >= 0.3 is 0 Å². The summed E-state index contributed by atoms with van der Waals surface area (Å²) in [5.74, 6) is 0.547. The predicted octanol–water partition coefficient (Wildman–Crippen LogP) is 5.37. The van der Waals surface area contributed by atoms with E-state index in [0.29, 0.717) is 16.5 Å². The minimum absolute atomic E-state index is 0.0613. The zero-order valence-electron chi connectivity index (χ0n) is 19.1.